The molecule has 1 aliphatic rings. The number of hydrogen-bond acceptors (Lipinski definition) is 3. The smallest absolute Gasteiger partial charge is 0.119 e. The average Bonchev–Trinajstić information content (AvgIpc) is 3.29. The molecule has 0 heterocycles. The van der Waals surface area contributed by atoms with Gasteiger partial charge in [-0.15, -0.1) is 0 Å². The maximum atomic E-state index is 5.83. The summed E-state index contributed by atoms with van der Waals surface area (Å²) in [6.07, 6.45) is 2.80. The Morgan fingerprint density at radius 3 is 2.57 bits per heavy atom. The lowest BCUT2D eigenvalue weighted by molar-refractivity contribution is 0.170. The summed E-state index contributed by atoms with van der Waals surface area (Å²) in [7, 11) is 0. The van der Waals surface area contributed by atoms with Crippen LogP contribution in [0.1, 0.15) is 32.3 Å². The summed E-state index contributed by atoms with van der Waals surface area (Å²) < 4.78 is 5.83. The lowest BCUT2D eigenvalue weighted by atomic mass is 10.2. The summed E-state index contributed by atoms with van der Waals surface area (Å²) in [6, 6.07) is 8.48. The van der Waals surface area contributed by atoms with Crippen molar-refractivity contribution in [2.75, 3.05) is 26.2 Å². The van der Waals surface area contributed by atoms with E-state index in [1.54, 1.807) is 0 Å². The Balaban J connectivity index is 1.76. The van der Waals surface area contributed by atoms with Crippen LogP contribution in [-0.4, -0.2) is 37.2 Å². The monoisotopic (exact) mass is 286 g/mol. The molecule has 0 saturated heterocycles. The first-order valence-electron chi connectivity index (χ1n) is 7.85. The fraction of sp³-hybridized carbons (Fsp3) is 0.556. The van der Waals surface area contributed by atoms with Gasteiger partial charge in [-0.1, -0.05) is 11.8 Å². The van der Waals surface area contributed by atoms with E-state index in [-0.39, 0.29) is 0 Å². The highest BCUT2D eigenvalue weighted by molar-refractivity contribution is 5.38. The van der Waals surface area contributed by atoms with Crippen molar-refractivity contribution in [3.63, 3.8) is 0 Å². The van der Waals surface area contributed by atoms with Crippen LogP contribution in [0.4, 0.5) is 0 Å². The molecule has 1 aromatic carbocycles. The van der Waals surface area contributed by atoms with Crippen molar-refractivity contribution in [1.29, 1.82) is 0 Å². The lowest BCUT2D eigenvalue weighted by Gasteiger charge is -2.26. The Morgan fingerprint density at radius 2 is 2.00 bits per heavy atom. The molecule has 3 heteroatoms. The number of nitrogens with two attached hydrogens (primary N) is 1. The minimum absolute atomic E-state index is 0.393. The number of rotatable bonds is 7. The highest BCUT2D eigenvalue weighted by Crippen LogP contribution is 2.30. The van der Waals surface area contributed by atoms with E-state index in [9.17, 15) is 0 Å². The minimum Gasteiger partial charge on any atom is -0.492 e. The maximum Gasteiger partial charge on any atom is 0.119 e. The number of ether oxygens (including phenoxy) is 1. The van der Waals surface area contributed by atoms with Gasteiger partial charge in [0.2, 0.25) is 0 Å². The summed E-state index contributed by atoms with van der Waals surface area (Å²) in [5, 5.41) is 0. The van der Waals surface area contributed by atoms with Gasteiger partial charge in [-0.05, 0) is 56.9 Å². The topological polar surface area (TPSA) is 38.5 Å². The van der Waals surface area contributed by atoms with Crippen LogP contribution in [0, 0.1) is 17.8 Å². The van der Waals surface area contributed by atoms with Crippen LogP contribution < -0.4 is 10.5 Å². The Labute approximate surface area is 128 Å². The van der Waals surface area contributed by atoms with Crippen molar-refractivity contribution in [1.82, 2.24) is 4.90 Å². The second-order valence-corrected chi connectivity index (χ2v) is 5.91. The molecule has 0 amide bonds. The zero-order valence-corrected chi connectivity index (χ0v) is 13.1. The van der Waals surface area contributed by atoms with Gasteiger partial charge < -0.3 is 10.5 Å². The molecule has 3 nitrogen and oxygen atoms in total. The Hall–Kier alpha value is -1.50. The van der Waals surface area contributed by atoms with Gasteiger partial charge in [0, 0.05) is 24.7 Å². The minimum atomic E-state index is 0.393. The van der Waals surface area contributed by atoms with Crippen molar-refractivity contribution in [3.05, 3.63) is 29.8 Å². The predicted molar refractivity (Wildman–Crippen MR) is 87.3 cm³/mol. The number of hydrogen-bond donors (Lipinski definition) is 1. The molecular weight excluding hydrogens is 260 g/mol. The first kappa shape index (κ1) is 15.9. The normalized spacial score (nSPS) is 14.1. The van der Waals surface area contributed by atoms with Crippen molar-refractivity contribution >= 4 is 0 Å². The van der Waals surface area contributed by atoms with Gasteiger partial charge in [-0.3, -0.25) is 4.90 Å². The Kier molecular flexibility index (Phi) is 6.10. The summed E-state index contributed by atoms with van der Waals surface area (Å²) >= 11 is 0. The predicted octanol–water partition coefficient (Wildman–Crippen LogP) is 2.50. The van der Waals surface area contributed by atoms with E-state index in [0.717, 1.165) is 30.4 Å². The third-order valence-electron chi connectivity index (χ3n) is 3.76. The highest BCUT2D eigenvalue weighted by Gasteiger charge is 2.25. The van der Waals surface area contributed by atoms with E-state index in [4.69, 9.17) is 10.5 Å². The molecule has 114 valence electrons. The zero-order chi connectivity index (χ0) is 15.1. The molecule has 2 rings (SSSR count). The summed E-state index contributed by atoms with van der Waals surface area (Å²) in [5.74, 6) is 7.69. The van der Waals surface area contributed by atoms with E-state index in [0.29, 0.717) is 12.6 Å². The van der Waals surface area contributed by atoms with Crippen molar-refractivity contribution in [3.8, 4) is 17.6 Å². The van der Waals surface area contributed by atoms with Crippen LogP contribution in [0.5, 0.6) is 5.75 Å². The first-order chi connectivity index (χ1) is 10.2. The Morgan fingerprint density at radius 1 is 1.29 bits per heavy atom. The van der Waals surface area contributed by atoms with Crippen molar-refractivity contribution < 1.29 is 4.74 Å². The van der Waals surface area contributed by atoms with E-state index >= 15 is 0 Å². The van der Waals surface area contributed by atoms with E-state index < -0.39 is 0 Å². The SMILES string of the molecule is CC(C)N(CCOc1ccc(C#CCN)cc1)CC1CC1. The largest absolute Gasteiger partial charge is 0.492 e. The molecule has 2 N–H and O–H groups in total. The van der Waals surface area contributed by atoms with E-state index in [1.807, 2.05) is 24.3 Å². The first-order valence-corrected chi connectivity index (χ1v) is 7.85. The van der Waals surface area contributed by atoms with E-state index in [2.05, 4.69) is 30.6 Å². The fourth-order valence-electron chi connectivity index (χ4n) is 2.26. The van der Waals surface area contributed by atoms with Gasteiger partial charge in [-0.25, -0.2) is 0 Å². The van der Waals surface area contributed by atoms with Gasteiger partial charge in [0.05, 0.1) is 6.54 Å². The van der Waals surface area contributed by atoms with Gasteiger partial charge in [0.1, 0.15) is 12.4 Å². The van der Waals surface area contributed by atoms with Crippen molar-refractivity contribution in [2.45, 2.75) is 32.7 Å². The van der Waals surface area contributed by atoms with Gasteiger partial charge in [-0.2, -0.15) is 0 Å². The molecule has 0 spiro atoms. The molecule has 0 radical (unpaired) electrons. The lowest BCUT2D eigenvalue weighted by Crippen LogP contribution is -2.36. The summed E-state index contributed by atoms with van der Waals surface area (Å²) in [6.45, 7) is 7.85. The fourth-order valence-corrected chi connectivity index (χ4v) is 2.26. The molecule has 1 saturated carbocycles. The molecular formula is C18H26N2O. The molecule has 1 aliphatic carbocycles. The molecule has 1 aromatic rings. The summed E-state index contributed by atoms with van der Waals surface area (Å²) in [4.78, 5) is 2.51. The standard InChI is InChI=1S/C18H26N2O/c1-15(2)20(14-17-5-6-17)12-13-21-18-9-7-16(8-10-18)4-3-11-19/h7-10,15,17H,5-6,11-14,19H2,1-2H3. The molecule has 0 aromatic heterocycles. The zero-order valence-electron chi connectivity index (χ0n) is 13.1. The molecule has 1 fully saturated rings. The van der Waals surface area contributed by atoms with Gasteiger partial charge in [0.25, 0.3) is 0 Å². The summed E-state index contributed by atoms with van der Waals surface area (Å²) in [5.41, 5.74) is 6.34. The van der Waals surface area contributed by atoms with Crippen LogP contribution in [-0.2, 0) is 0 Å². The van der Waals surface area contributed by atoms with Crippen LogP contribution >= 0.6 is 0 Å². The average molecular weight is 286 g/mol. The van der Waals surface area contributed by atoms with Gasteiger partial charge in [0.15, 0.2) is 0 Å². The molecule has 0 atom stereocenters. The van der Waals surface area contributed by atoms with Crippen LogP contribution in [0.15, 0.2) is 24.3 Å². The highest BCUT2D eigenvalue weighted by atomic mass is 16.5. The van der Waals surface area contributed by atoms with E-state index in [1.165, 1.54) is 19.4 Å². The molecule has 0 aliphatic heterocycles. The molecule has 21 heavy (non-hydrogen) atoms. The maximum absolute atomic E-state index is 5.83. The number of benzene rings is 1. The van der Waals surface area contributed by atoms with Crippen molar-refractivity contribution in [2.24, 2.45) is 11.7 Å². The quantitative estimate of drug-likeness (QED) is 0.783. The van der Waals surface area contributed by atoms with Crippen LogP contribution in [0.25, 0.3) is 0 Å². The van der Waals surface area contributed by atoms with Crippen LogP contribution in [0.3, 0.4) is 0 Å². The third-order valence-corrected chi connectivity index (χ3v) is 3.76. The van der Waals surface area contributed by atoms with Crippen LogP contribution in [0.2, 0.25) is 0 Å². The second-order valence-electron chi connectivity index (χ2n) is 5.91. The Bertz CT molecular complexity index is 480. The molecule has 0 unspecified atom stereocenters. The number of nitrogens with zero attached hydrogens (tertiary/aromatic N) is 1. The third kappa shape index (κ3) is 5.79. The second kappa shape index (κ2) is 8.07. The molecule has 0 bridgehead atoms. The van der Waals surface area contributed by atoms with Gasteiger partial charge >= 0.3 is 0 Å².